The molecule has 1 amide bonds. The standard InChI is InChI=1S/C28H40N2O6S/c1-19(28-15-20-11-21(16-28)13-22(12-20)17-28)29-26(31)18-36-27(32)23-7-8-24(35-2)25(14-23)37(33,34)30-9-5-3-4-6-10-30/h7-8,14,19-22H,3-6,9-13,15-18H2,1-2H3,(H,29,31). The molecular formula is C28H40N2O6S. The minimum absolute atomic E-state index is 0.0402. The molecule has 1 N–H and O–H groups in total. The Bertz CT molecular complexity index is 1090. The molecule has 4 aliphatic carbocycles. The maximum Gasteiger partial charge on any atom is 0.338 e. The van der Waals surface area contributed by atoms with Crippen LogP contribution in [0.15, 0.2) is 23.1 Å². The number of rotatable bonds is 8. The van der Waals surface area contributed by atoms with Crippen molar-refractivity contribution >= 4 is 21.9 Å². The minimum atomic E-state index is -3.83. The van der Waals surface area contributed by atoms with Crippen molar-refractivity contribution in [1.82, 2.24) is 9.62 Å². The van der Waals surface area contributed by atoms with E-state index < -0.39 is 22.6 Å². The maximum absolute atomic E-state index is 13.4. The molecule has 4 bridgehead atoms. The van der Waals surface area contributed by atoms with Crippen LogP contribution in [0.2, 0.25) is 0 Å². The Kier molecular flexibility index (Phi) is 7.56. The first-order valence-electron chi connectivity index (χ1n) is 13.8. The summed E-state index contributed by atoms with van der Waals surface area (Å²) in [6.07, 6.45) is 11.2. The molecule has 1 heterocycles. The fraction of sp³-hybridized carbons (Fsp3) is 0.714. The Morgan fingerprint density at radius 3 is 2.19 bits per heavy atom. The predicted octanol–water partition coefficient (Wildman–Crippen LogP) is 4.14. The van der Waals surface area contributed by atoms with Crippen LogP contribution < -0.4 is 10.1 Å². The lowest BCUT2D eigenvalue weighted by Gasteiger charge is -2.59. The average Bonchev–Trinajstić information content (AvgIpc) is 3.16. The summed E-state index contributed by atoms with van der Waals surface area (Å²) in [5.41, 5.74) is 0.247. The van der Waals surface area contributed by atoms with Crippen molar-refractivity contribution < 1.29 is 27.5 Å². The van der Waals surface area contributed by atoms with Gasteiger partial charge in [-0.25, -0.2) is 13.2 Å². The van der Waals surface area contributed by atoms with Crippen molar-refractivity contribution in [3.63, 3.8) is 0 Å². The van der Waals surface area contributed by atoms with E-state index in [1.54, 1.807) is 0 Å². The second-order valence-electron chi connectivity index (χ2n) is 11.8. The molecule has 37 heavy (non-hydrogen) atoms. The van der Waals surface area contributed by atoms with Crippen molar-refractivity contribution in [3.8, 4) is 5.75 Å². The summed E-state index contributed by atoms with van der Waals surface area (Å²) < 4.78 is 38.8. The Morgan fingerprint density at radius 2 is 1.62 bits per heavy atom. The number of hydrogen-bond acceptors (Lipinski definition) is 6. The number of hydrogen-bond donors (Lipinski definition) is 1. The van der Waals surface area contributed by atoms with E-state index in [4.69, 9.17) is 9.47 Å². The molecule has 1 aliphatic heterocycles. The monoisotopic (exact) mass is 532 g/mol. The van der Waals surface area contributed by atoms with Gasteiger partial charge < -0.3 is 14.8 Å². The number of methoxy groups -OCH3 is 1. The first-order chi connectivity index (χ1) is 17.7. The van der Waals surface area contributed by atoms with E-state index in [2.05, 4.69) is 12.2 Å². The smallest absolute Gasteiger partial charge is 0.338 e. The molecule has 0 spiro atoms. The number of nitrogens with one attached hydrogen (secondary N) is 1. The average molecular weight is 533 g/mol. The topological polar surface area (TPSA) is 102 Å². The van der Waals surface area contributed by atoms with Crippen molar-refractivity contribution in [2.24, 2.45) is 23.2 Å². The number of carbonyl (C=O) groups is 2. The van der Waals surface area contributed by atoms with Gasteiger partial charge in [-0.2, -0.15) is 4.31 Å². The Balaban J connectivity index is 1.22. The highest BCUT2D eigenvalue weighted by atomic mass is 32.2. The zero-order valence-corrected chi connectivity index (χ0v) is 22.9. The molecular weight excluding hydrogens is 492 g/mol. The quantitative estimate of drug-likeness (QED) is 0.505. The van der Waals surface area contributed by atoms with Gasteiger partial charge in [-0.1, -0.05) is 12.8 Å². The first-order valence-corrected chi connectivity index (χ1v) is 15.3. The fourth-order valence-electron chi connectivity index (χ4n) is 7.79. The number of ether oxygens (including phenoxy) is 2. The second kappa shape index (κ2) is 10.6. The lowest BCUT2D eigenvalue weighted by atomic mass is 9.48. The zero-order valence-electron chi connectivity index (χ0n) is 22.0. The van der Waals surface area contributed by atoms with Crippen LogP contribution in [0.25, 0.3) is 0 Å². The lowest BCUT2D eigenvalue weighted by molar-refractivity contribution is -0.128. The molecule has 9 heteroatoms. The first kappa shape index (κ1) is 26.5. The number of nitrogens with zero attached hydrogens (tertiary/aromatic N) is 1. The van der Waals surface area contributed by atoms with Gasteiger partial charge in [0.25, 0.3) is 5.91 Å². The molecule has 1 unspecified atom stereocenters. The molecule has 6 rings (SSSR count). The van der Waals surface area contributed by atoms with E-state index in [9.17, 15) is 18.0 Å². The summed E-state index contributed by atoms with van der Waals surface area (Å²) in [7, 11) is -2.43. The highest BCUT2D eigenvalue weighted by Gasteiger charge is 2.53. The van der Waals surface area contributed by atoms with Gasteiger partial charge in [0, 0.05) is 19.1 Å². The molecule has 0 radical (unpaired) electrons. The third-order valence-electron chi connectivity index (χ3n) is 9.30. The normalized spacial score (nSPS) is 30.4. The maximum atomic E-state index is 13.4. The van der Waals surface area contributed by atoms with Crippen LogP contribution in [0.3, 0.4) is 0 Å². The summed E-state index contributed by atoms with van der Waals surface area (Å²) in [5, 5.41) is 3.11. The molecule has 1 saturated heterocycles. The minimum Gasteiger partial charge on any atom is -0.495 e. The highest BCUT2D eigenvalue weighted by Crippen LogP contribution is 2.61. The third kappa shape index (κ3) is 5.39. The van der Waals surface area contributed by atoms with Crippen LogP contribution >= 0.6 is 0 Å². The van der Waals surface area contributed by atoms with E-state index in [-0.39, 0.29) is 33.6 Å². The van der Waals surface area contributed by atoms with E-state index >= 15 is 0 Å². The van der Waals surface area contributed by atoms with Gasteiger partial charge in [-0.3, -0.25) is 4.79 Å². The van der Waals surface area contributed by atoms with Gasteiger partial charge in [-0.15, -0.1) is 0 Å². The highest BCUT2D eigenvalue weighted by molar-refractivity contribution is 7.89. The molecule has 8 nitrogen and oxygen atoms in total. The molecule has 1 atom stereocenters. The van der Waals surface area contributed by atoms with E-state index in [1.807, 2.05) is 0 Å². The van der Waals surface area contributed by atoms with Crippen LogP contribution in [0.1, 0.15) is 81.5 Å². The van der Waals surface area contributed by atoms with Crippen molar-refractivity contribution in [3.05, 3.63) is 23.8 Å². The number of carbonyl (C=O) groups excluding carboxylic acids is 2. The Hall–Kier alpha value is -2.13. The molecule has 5 aliphatic rings. The van der Waals surface area contributed by atoms with E-state index in [0.717, 1.165) is 43.4 Å². The van der Waals surface area contributed by atoms with Crippen LogP contribution in [-0.4, -0.2) is 57.4 Å². The molecule has 4 saturated carbocycles. The molecule has 204 valence electrons. The SMILES string of the molecule is COc1ccc(C(=O)OCC(=O)NC(C)C23CC4CC(CC(C4)C2)C3)cc1S(=O)(=O)N1CCCCCC1. The largest absolute Gasteiger partial charge is 0.495 e. The molecule has 1 aromatic carbocycles. The van der Waals surface area contributed by atoms with Gasteiger partial charge in [0.2, 0.25) is 10.0 Å². The van der Waals surface area contributed by atoms with E-state index in [1.165, 1.54) is 68.1 Å². The van der Waals surface area contributed by atoms with Gasteiger partial charge in [0.05, 0.1) is 12.7 Å². The molecule has 5 fully saturated rings. The lowest BCUT2D eigenvalue weighted by Crippen LogP contribution is -2.56. The Morgan fingerprint density at radius 1 is 1.03 bits per heavy atom. The fourth-order valence-corrected chi connectivity index (χ4v) is 9.48. The second-order valence-corrected chi connectivity index (χ2v) is 13.7. The summed E-state index contributed by atoms with van der Waals surface area (Å²) in [4.78, 5) is 25.5. The van der Waals surface area contributed by atoms with Gasteiger partial charge in [-0.05, 0) is 99.7 Å². The van der Waals surface area contributed by atoms with Crippen molar-refractivity contribution in [1.29, 1.82) is 0 Å². The number of amides is 1. The van der Waals surface area contributed by atoms with Crippen molar-refractivity contribution in [2.75, 3.05) is 26.8 Å². The van der Waals surface area contributed by atoms with Gasteiger partial charge in [0.15, 0.2) is 6.61 Å². The number of sulfonamides is 1. The summed E-state index contributed by atoms with van der Waals surface area (Å²) in [6, 6.07) is 4.28. The molecule has 0 aromatic heterocycles. The van der Waals surface area contributed by atoms with Crippen LogP contribution in [0.4, 0.5) is 0 Å². The summed E-state index contributed by atoms with van der Waals surface area (Å²) in [6.45, 7) is 2.59. The zero-order chi connectivity index (χ0) is 26.2. The molecule has 1 aromatic rings. The predicted molar refractivity (Wildman–Crippen MR) is 139 cm³/mol. The number of esters is 1. The van der Waals surface area contributed by atoms with Crippen LogP contribution in [-0.2, 0) is 19.6 Å². The van der Waals surface area contributed by atoms with Gasteiger partial charge >= 0.3 is 5.97 Å². The van der Waals surface area contributed by atoms with Crippen LogP contribution in [0.5, 0.6) is 5.75 Å². The van der Waals surface area contributed by atoms with Crippen LogP contribution in [0, 0.1) is 23.2 Å². The summed E-state index contributed by atoms with van der Waals surface area (Å²) >= 11 is 0. The van der Waals surface area contributed by atoms with Crippen molar-refractivity contribution in [2.45, 2.75) is 82.1 Å². The Labute approximate surface area is 220 Å². The van der Waals surface area contributed by atoms with Gasteiger partial charge in [0.1, 0.15) is 10.6 Å². The van der Waals surface area contributed by atoms with E-state index in [0.29, 0.717) is 13.1 Å². The summed E-state index contributed by atoms with van der Waals surface area (Å²) in [5.74, 6) is 1.51. The third-order valence-corrected chi connectivity index (χ3v) is 11.2. The number of benzene rings is 1.